The van der Waals surface area contributed by atoms with E-state index in [1.165, 1.54) is 6.07 Å². The fraction of sp³-hybridized carbons (Fsp3) is 0.647. The van der Waals surface area contributed by atoms with E-state index in [4.69, 9.17) is 0 Å². The second kappa shape index (κ2) is 7.69. The number of nitrogens with one attached hydrogen (secondary N) is 1. The Bertz CT molecular complexity index is 806. The number of amides is 1. The summed E-state index contributed by atoms with van der Waals surface area (Å²) in [5.74, 6) is -0.994. The lowest BCUT2D eigenvalue weighted by atomic mass is 9.96. The van der Waals surface area contributed by atoms with Crippen molar-refractivity contribution in [1.29, 1.82) is 0 Å². The van der Waals surface area contributed by atoms with E-state index < -0.39 is 12.0 Å². The number of nitrogens with zero attached hydrogens (tertiary/aromatic N) is 5. The van der Waals surface area contributed by atoms with E-state index >= 15 is 0 Å². The molecule has 0 radical (unpaired) electrons. The molecule has 0 bridgehead atoms. The van der Waals surface area contributed by atoms with Crippen LogP contribution in [0.25, 0.3) is 5.65 Å². The Hall–Kier alpha value is -2.39. The van der Waals surface area contributed by atoms with Crippen LogP contribution >= 0.6 is 0 Å². The number of aromatic nitrogens is 4. The van der Waals surface area contributed by atoms with Crippen LogP contribution in [0.2, 0.25) is 0 Å². The Labute approximate surface area is 154 Å². The van der Waals surface area contributed by atoms with E-state index in [-0.39, 0.29) is 23.5 Å². The van der Waals surface area contributed by atoms with Crippen LogP contribution < -0.4 is 10.2 Å². The molecule has 0 saturated carbocycles. The summed E-state index contributed by atoms with van der Waals surface area (Å²) >= 11 is 0. The van der Waals surface area contributed by atoms with Gasteiger partial charge in [-0.3, -0.25) is 4.79 Å². The molecule has 1 N–H and O–H groups in total. The van der Waals surface area contributed by atoms with Crippen LogP contribution in [0.1, 0.15) is 45.4 Å². The van der Waals surface area contributed by atoms with E-state index in [1.807, 2.05) is 11.8 Å². The summed E-state index contributed by atoms with van der Waals surface area (Å²) in [4.78, 5) is 14.3. The topological polar surface area (TPSA) is 75.4 Å². The third-order valence-electron chi connectivity index (χ3n) is 4.73. The van der Waals surface area contributed by atoms with Gasteiger partial charge in [0, 0.05) is 19.1 Å². The minimum atomic E-state index is -4.63. The highest BCUT2D eigenvalue weighted by Crippen LogP contribution is 2.28. The molecule has 0 aliphatic carbocycles. The second-order valence-electron chi connectivity index (χ2n) is 6.97. The van der Waals surface area contributed by atoms with Gasteiger partial charge in [-0.05, 0) is 38.3 Å². The van der Waals surface area contributed by atoms with Gasteiger partial charge in [0.2, 0.25) is 5.91 Å². The van der Waals surface area contributed by atoms with Crippen LogP contribution in [0.3, 0.4) is 0 Å². The minimum Gasteiger partial charge on any atom is -0.354 e. The van der Waals surface area contributed by atoms with Gasteiger partial charge in [-0.1, -0.05) is 13.3 Å². The number of carbonyl (C=O) groups excluding carboxylic acids is 1. The first-order valence-corrected chi connectivity index (χ1v) is 9.14. The standard InChI is InChI=1S/C17H23F3N6O/c1-3-5-11(2)21-15(27)12-6-4-9-25(10-12)14-8-7-13-22-23-16(17(18,19)20)26(13)24-14/h7-8,11-12H,3-6,9-10H2,1-2H3,(H,21,27). The number of fused-ring (bicyclic) bond motifs is 1. The van der Waals surface area contributed by atoms with E-state index in [1.54, 1.807) is 6.07 Å². The van der Waals surface area contributed by atoms with Gasteiger partial charge in [-0.25, -0.2) is 0 Å². The lowest BCUT2D eigenvalue weighted by Gasteiger charge is -2.33. The first-order valence-electron chi connectivity index (χ1n) is 9.14. The SMILES string of the molecule is CCCC(C)NC(=O)C1CCCN(c2ccc3nnc(C(F)(F)F)n3n2)C1. The molecule has 1 amide bonds. The van der Waals surface area contributed by atoms with Crippen molar-refractivity contribution in [3.8, 4) is 0 Å². The molecule has 27 heavy (non-hydrogen) atoms. The predicted molar refractivity (Wildman–Crippen MR) is 93.2 cm³/mol. The van der Waals surface area contributed by atoms with Gasteiger partial charge >= 0.3 is 6.18 Å². The normalized spacial score (nSPS) is 19.3. The maximum Gasteiger partial charge on any atom is 0.453 e. The highest BCUT2D eigenvalue weighted by atomic mass is 19.4. The first-order chi connectivity index (χ1) is 12.8. The van der Waals surface area contributed by atoms with Crippen LogP contribution in [-0.2, 0) is 11.0 Å². The van der Waals surface area contributed by atoms with Gasteiger partial charge < -0.3 is 10.2 Å². The zero-order chi connectivity index (χ0) is 19.6. The molecular formula is C17H23F3N6O. The molecule has 0 aromatic carbocycles. The maximum atomic E-state index is 13.0. The first kappa shape index (κ1) is 19.4. The molecule has 1 aliphatic heterocycles. The highest BCUT2D eigenvalue weighted by molar-refractivity contribution is 5.79. The molecule has 7 nitrogen and oxygen atoms in total. The highest BCUT2D eigenvalue weighted by Gasteiger charge is 2.38. The maximum absolute atomic E-state index is 13.0. The van der Waals surface area contributed by atoms with Crippen molar-refractivity contribution in [2.24, 2.45) is 5.92 Å². The third kappa shape index (κ3) is 4.30. The van der Waals surface area contributed by atoms with E-state index in [9.17, 15) is 18.0 Å². The summed E-state index contributed by atoms with van der Waals surface area (Å²) < 4.78 is 39.9. The minimum absolute atomic E-state index is 0.0120. The molecule has 2 aromatic heterocycles. The predicted octanol–water partition coefficient (Wildman–Crippen LogP) is 2.66. The number of alkyl halides is 3. The van der Waals surface area contributed by atoms with Gasteiger partial charge in [0.05, 0.1) is 5.92 Å². The molecule has 2 unspecified atom stereocenters. The molecule has 2 aromatic rings. The summed E-state index contributed by atoms with van der Waals surface area (Å²) in [5, 5.41) is 13.8. The number of anilines is 1. The van der Waals surface area contributed by atoms with Gasteiger partial charge in [0.25, 0.3) is 5.82 Å². The zero-order valence-electron chi connectivity index (χ0n) is 15.3. The largest absolute Gasteiger partial charge is 0.453 e. The van der Waals surface area contributed by atoms with Crippen molar-refractivity contribution < 1.29 is 18.0 Å². The fourth-order valence-electron chi connectivity index (χ4n) is 3.39. The fourth-order valence-corrected chi connectivity index (χ4v) is 3.39. The number of rotatable bonds is 5. The van der Waals surface area contributed by atoms with Crippen LogP contribution in [0.4, 0.5) is 19.0 Å². The van der Waals surface area contributed by atoms with Crippen LogP contribution in [0, 0.1) is 5.92 Å². The van der Waals surface area contributed by atoms with Crippen molar-refractivity contribution in [3.63, 3.8) is 0 Å². The number of hydrogen-bond acceptors (Lipinski definition) is 5. The lowest BCUT2D eigenvalue weighted by molar-refractivity contribution is -0.146. The van der Waals surface area contributed by atoms with Gasteiger partial charge in [0.15, 0.2) is 5.65 Å². The lowest BCUT2D eigenvalue weighted by Crippen LogP contribution is -2.45. The smallest absolute Gasteiger partial charge is 0.354 e. The van der Waals surface area contributed by atoms with Crippen molar-refractivity contribution in [3.05, 3.63) is 18.0 Å². The number of halogens is 3. The Morgan fingerprint density at radius 2 is 2.15 bits per heavy atom. The average molecular weight is 384 g/mol. The molecule has 10 heteroatoms. The van der Waals surface area contributed by atoms with Crippen molar-refractivity contribution in [1.82, 2.24) is 25.1 Å². The summed E-state index contributed by atoms with van der Waals surface area (Å²) in [5.41, 5.74) is 0.0331. The molecule has 1 saturated heterocycles. The molecule has 2 atom stereocenters. The summed E-state index contributed by atoms with van der Waals surface area (Å²) in [6, 6.07) is 3.18. The van der Waals surface area contributed by atoms with Crippen molar-refractivity contribution >= 4 is 17.4 Å². The van der Waals surface area contributed by atoms with Crippen LogP contribution in [0.15, 0.2) is 12.1 Å². The molecular weight excluding hydrogens is 361 g/mol. The number of carbonyl (C=O) groups is 1. The van der Waals surface area contributed by atoms with Crippen molar-refractivity contribution in [2.75, 3.05) is 18.0 Å². The molecule has 3 rings (SSSR count). The third-order valence-corrected chi connectivity index (χ3v) is 4.73. The summed E-state index contributed by atoms with van der Waals surface area (Å²) in [6.07, 6.45) is -1.21. The Balaban J connectivity index is 1.77. The van der Waals surface area contributed by atoms with Gasteiger partial charge in [-0.2, -0.15) is 17.7 Å². The van der Waals surface area contributed by atoms with Crippen LogP contribution in [0.5, 0.6) is 0 Å². The van der Waals surface area contributed by atoms with E-state index in [2.05, 4.69) is 27.5 Å². The summed E-state index contributed by atoms with van der Waals surface area (Å²) in [6.45, 7) is 5.10. The zero-order valence-corrected chi connectivity index (χ0v) is 15.3. The van der Waals surface area contributed by atoms with Gasteiger partial charge in [-0.15, -0.1) is 15.3 Å². The quantitative estimate of drug-likeness (QED) is 0.858. The molecule has 3 heterocycles. The Morgan fingerprint density at radius 1 is 1.37 bits per heavy atom. The number of hydrogen-bond donors (Lipinski definition) is 1. The molecule has 1 fully saturated rings. The monoisotopic (exact) mass is 384 g/mol. The Morgan fingerprint density at radius 3 is 2.85 bits per heavy atom. The summed E-state index contributed by atoms with van der Waals surface area (Å²) in [7, 11) is 0. The van der Waals surface area contributed by atoms with Crippen LogP contribution in [-0.4, -0.2) is 44.8 Å². The molecule has 148 valence electrons. The molecule has 0 spiro atoms. The van der Waals surface area contributed by atoms with E-state index in [0.717, 1.165) is 25.7 Å². The second-order valence-corrected chi connectivity index (χ2v) is 6.97. The molecule has 1 aliphatic rings. The van der Waals surface area contributed by atoms with Gasteiger partial charge in [0.1, 0.15) is 5.82 Å². The Kier molecular flexibility index (Phi) is 5.52. The average Bonchev–Trinajstić information content (AvgIpc) is 3.05. The van der Waals surface area contributed by atoms with Crippen molar-refractivity contribution in [2.45, 2.75) is 51.7 Å². The number of piperidine rings is 1. The van der Waals surface area contributed by atoms with E-state index in [0.29, 0.717) is 23.4 Å².